The number of rotatable bonds is 1. The molecule has 1 aromatic heterocycles. The SMILES string of the molecule is CC1CN(C(=O)c2cccc3sc(C(F)(F)F)nc23)C1. The van der Waals surface area contributed by atoms with E-state index >= 15 is 0 Å². The number of nitrogens with zero attached hydrogens (tertiary/aromatic N) is 2. The fourth-order valence-corrected chi connectivity index (χ4v) is 3.14. The van der Waals surface area contributed by atoms with Gasteiger partial charge in [0.25, 0.3) is 5.91 Å². The molecule has 2 aromatic rings. The molecule has 0 saturated carbocycles. The Morgan fingerprint density at radius 1 is 1.40 bits per heavy atom. The fourth-order valence-electron chi connectivity index (χ4n) is 2.28. The molecule has 1 aliphatic rings. The molecule has 1 amide bonds. The highest BCUT2D eigenvalue weighted by atomic mass is 32.1. The van der Waals surface area contributed by atoms with E-state index in [9.17, 15) is 18.0 Å². The molecule has 1 aromatic carbocycles. The zero-order valence-corrected chi connectivity index (χ0v) is 11.4. The Bertz CT molecular complexity index is 674. The number of benzene rings is 1. The van der Waals surface area contributed by atoms with Gasteiger partial charge in [-0.3, -0.25) is 4.79 Å². The molecule has 106 valence electrons. The van der Waals surface area contributed by atoms with Gasteiger partial charge in [0.15, 0.2) is 5.01 Å². The molecule has 3 rings (SSSR count). The van der Waals surface area contributed by atoms with Gasteiger partial charge in [-0.2, -0.15) is 13.2 Å². The normalized spacial score (nSPS) is 16.5. The molecule has 0 N–H and O–H groups in total. The average molecular weight is 300 g/mol. The second kappa shape index (κ2) is 4.44. The molecule has 7 heteroatoms. The highest BCUT2D eigenvalue weighted by Crippen LogP contribution is 2.36. The number of carbonyl (C=O) groups is 1. The molecule has 0 aliphatic carbocycles. The minimum Gasteiger partial charge on any atom is -0.338 e. The monoisotopic (exact) mass is 300 g/mol. The third-order valence-electron chi connectivity index (χ3n) is 3.24. The van der Waals surface area contributed by atoms with Crippen LogP contribution in [0.2, 0.25) is 0 Å². The lowest BCUT2D eigenvalue weighted by Gasteiger charge is -2.37. The van der Waals surface area contributed by atoms with Gasteiger partial charge in [0.05, 0.1) is 15.8 Å². The van der Waals surface area contributed by atoms with Crippen LogP contribution >= 0.6 is 11.3 Å². The summed E-state index contributed by atoms with van der Waals surface area (Å²) in [5.74, 6) is 0.201. The molecule has 1 fully saturated rings. The minimum atomic E-state index is -4.48. The molecule has 1 saturated heterocycles. The van der Waals surface area contributed by atoms with Crippen molar-refractivity contribution in [1.82, 2.24) is 9.88 Å². The zero-order chi connectivity index (χ0) is 14.5. The van der Waals surface area contributed by atoms with E-state index in [1.807, 2.05) is 6.92 Å². The number of hydrogen-bond donors (Lipinski definition) is 0. The number of thiazole rings is 1. The van der Waals surface area contributed by atoms with Crippen molar-refractivity contribution in [2.45, 2.75) is 13.1 Å². The molecule has 2 heterocycles. The predicted octanol–water partition coefficient (Wildman–Crippen LogP) is 3.41. The molecule has 3 nitrogen and oxygen atoms in total. The molecular formula is C13H11F3N2OS. The Hall–Kier alpha value is -1.63. The highest BCUT2D eigenvalue weighted by Gasteiger charge is 2.36. The second-order valence-corrected chi connectivity index (χ2v) is 6.02. The van der Waals surface area contributed by atoms with Crippen LogP contribution in [0.15, 0.2) is 18.2 Å². The van der Waals surface area contributed by atoms with Crippen LogP contribution in [-0.4, -0.2) is 28.9 Å². The number of hydrogen-bond acceptors (Lipinski definition) is 3. The Kier molecular flexibility index (Phi) is 2.97. The second-order valence-electron chi connectivity index (χ2n) is 4.98. The van der Waals surface area contributed by atoms with Crippen LogP contribution in [0.5, 0.6) is 0 Å². The summed E-state index contributed by atoms with van der Waals surface area (Å²) in [6, 6.07) is 4.68. The Labute approximate surface area is 117 Å². The number of carbonyl (C=O) groups excluding carboxylic acids is 1. The largest absolute Gasteiger partial charge is 0.443 e. The van der Waals surface area contributed by atoms with E-state index in [2.05, 4.69) is 4.98 Å². The minimum absolute atomic E-state index is 0.148. The average Bonchev–Trinajstić information content (AvgIpc) is 2.77. The van der Waals surface area contributed by atoms with Gasteiger partial charge in [-0.15, -0.1) is 11.3 Å². The number of halogens is 3. The van der Waals surface area contributed by atoms with Crippen molar-refractivity contribution < 1.29 is 18.0 Å². The van der Waals surface area contributed by atoms with Crippen molar-refractivity contribution in [3.05, 3.63) is 28.8 Å². The number of para-hydroxylation sites is 1. The van der Waals surface area contributed by atoms with E-state index < -0.39 is 11.2 Å². The van der Waals surface area contributed by atoms with Crippen molar-refractivity contribution in [1.29, 1.82) is 0 Å². The smallest absolute Gasteiger partial charge is 0.338 e. The summed E-state index contributed by atoms with van der Waals surface area (Å²) in [7, 11) is 0. The van der Waals surface area contributed by atoms with Crippen molar-refractivity contribution >= 4 is 27.5 Å². The maximum absolute atomic E-state index is 12.7. The molecule has 0 atom stereocenters. The number of aromatic nitrogens is 1. The van der Waals surface area contributed by atoms with Crippen LogP contribution in [0.1, 0.15) is 22.3 Å². The summed E-state index contributed by atoms with van der Waals surface area (Å²) >= 11 is 0.567. The number of likely N-dealkylation sites (tertiary alicyclic amines) is 1. The Morgan fingerprint density at radius 3 is 2.70 bits per heavy atom. The number of fused-ring (bicyclic) bond motifs is 1. The summed E-state index contributed by atoms with van der Waals surface area (Å²) in [5.41, 5.74) is 0.399. The maximum Gasteiger partial charge on any atom is 0.443 e. The Morgan fingerprint density at radius 2 is 2.10 bits per heavy atom. The topological polar surface area (TPSA) is 33.2 Å². The van der Waals surface area contributed by atoms with Crippen molar-refractivity contribution in [2.75, 3.05) is 13.1 Å². The van der Waals surface area contributed by atoms with Gasteiger partial charge in [0.2, 0.25) is 0 Å². The van der Waals surface area contributed by atoms with Crippen molar-refractivity contribution in [3.8, 4) is 0 Å². The van der Waals surface area contributed by atoms with E-state index in [0.29, 0.717) is 35.0 Å². The molecule has 1 aliphatic heterocycles. The summed E-state index contributed by atoms with van der Waals surface area (Å²) in [6.07, 6.45) is -4.48. The molecular weight excluding hydrogens is 289 g/mol. The molecule has 0 bridgehead atoms. The van der Waals surface area contributed by atoms with E-state index in [1.165, 1.54) is 6.07 Å². The summed E-state index contributed by atoms with van der Waals surface area (Å²) in [5, 5.41) is -0.912. The van der Waals surface area contributed by atoms with Crippen LogP contribution in [0.4, 0.5) is 13.2 Å². The number of amides is 1. The maximum atomic E-state index is 12.7. The summed E-state index contributed by atoms with van der Waals surface area (Å²) in [6.45, 7) is 3.31. The highest BCUT2D eigenvalue weighted by molar-refractivity contribution is 7.18. The zero-order valence-electron chi connectivity index (χ0n) is 10.6. The molecule has 0 spiro atoms. The summed E-state index contributed by atoms with van der Waals surface area (Å²) < 4.78 is 38.5. The van der Waals surface area contributed by atoms with Crippen molar-refractivity contribution in [3.63, 3.8) is 0 Å². The van der Waals surface area contributed by atoms with Gasteiger partial charge in [0, 0.05) is 13.1 Å². The van der Waals surface area contributed by atoms with Gasteiger partial charge in [-0.25, -0.2) is 4.98 Å². The van der Waals surface area contributed by atoms with E-state index in [1.54, 1.807) is 17.0 Å². The Balaban J connectivity index is 2.03. The summed E-state index contributed by atoms with van der Waals surface area (Å²) in [4.78, 5) is 17.5. The first-order valence-electron chi connectivity index (χ1n) is 6.12. The van der Waals surface area contributed by atoms with E-state index in [-0.39, 0.29) is 17.0 Å². The quantitative estimate of drug-likeness (QED) is 0.808. The van der Waals surface area contributed by atoms with Gasteiger partial charge >= 0.3 is 6.18 Å². The van der Waals surface area contributed by atoms with E-state index in [4.69, 9.17) is 0 Å². The lowest BCUT2D eigenvalue weighted by Crippen LogP contribution is -2.48. The van der Waals surface area contributed by atoms with Crippen LogP contribution < -0.4 is 0 Å². The lowest BCUT2D eigenvalue weighted by atomic mass is 10.0. The van der Waals surface area contributed by atoms with Crippen LogP contribution in [-0.2, 0) is 6.18 Å². The van der Waals surface area contributed by atoms with E-state index in [0.717, 1.165) is 0 Å². The van der Waals surface area contributed by atoms with Crippen LogP contribution in [0, 0.1) is 5.92 Å². The first-order chi connectivity index (χ1) is 9.36. The van der Waals surface area contributed by atoms with Crippen LogP contribution in [0.25, 0.3) is 10.2 Å². The predicted molar refractivity (Wildman–Crippen MR) is 69.7 cm³/mol. The van der Waals surface area contributed by atoms with Gasteiger partial charge in [-0.1, -0.05) is 13.0 Å². The van der Waals surface area contributed by atoms with Gasteiger partial charge in [0.1, 0.15) is 0 Å². The molecule has 0 radical (unpaired) electrons. The van der Waals surface area contributed by atoms with Crippen molar-refractivity contribution in [2.24, 2.45) is 5.92 Å². The van der Waals surface area contributed by atoms with Gasteiger partial charge < -0.3 is 4.90 Å². The third kappa shape index (κ3) is 2.15. The third-order valence-corrected chi connectivity index (χ3v) is 4.31. The van der Waals surface area contributed by atoms with Crippen LogP contribution in [0.3, 0.4) is 0 Å². The molecule has 0 unspecified atom stereocenters. The standard InChI is InChI=1S/C13H11F3N2OS/c1-7-5-18(6-7)11(19)8-3-2-4-9-10(8)17-12(20-9)13(14,15)16/h2-4,7H,5-6H2,1H3. The first-order valence-corrected chi connectivity index (χ1v) is 6.94. The first kappa shape index (κ1) is 13.4. The van der Waals surface area contributed by atoms with Gasteiger partial charge in [-0.05, 0) is 18.1 Å². The molecule has 20 heavy (non-hydrogen) atoms. The fraction of sp³-hybridized carbons (Fsp3) is 0.385. The lowest BCUT2D eigenvalue weighted by molar-refractivity contribution is -0.137. The number of alkyl halides is 3.